The third kappa shape index (κ3) is 3.49. The van der Waals surface area contributed by atoms with Crippen LogP contribution in [0.2, 0.25) is 5.02 Å². The zero-order valence-electron chi connectivity index (χ0n) is 10.8. The summed E-state index contributed by atoms with van der Waals surface area (Å²) in [5, 5.41) is 9.78. The Labute approximate surface area is 118 Å². The van der Waals surface area contributed by atoms with Gasteiger partial charge in [0.2, 0.25) is 0 Å². The van der Waals surface area contributed by atoms with Crippen molar-refractivity contribution in [3.05, 3.63) is 64.7 Å². The number of benzene rings is 2. The molecule has 0 heterocycles. The lowest BCUT2D eigenvalue weighted by molar-refractivity contribution is 0.875. The van der Waals surface area contributed by atoms with Crippen molar-refractivity contribution < 1.29 is 0 Å². The van der Waals surface area contributed by atoms with Crippen LogP contribution >= 0.6 is 11.6 Å². The fourth-order valence-corrected chi connectivity index (χ4v) is 2.14. The molecule has 19 heavy (non-hydrogen) atoms. The molecule has 0 saturated heterocycles. The summed E-state index contributed by atoms with van der Waals surface area (Å²) >= 11 is 6.00. The van der Waals surface area contributed by atoms with Gasteiger partial charge in [-0.05, 0) is 30.2 Å². The van der Waals surface area contributed by atoms with Crippen LogP contribution in [0.1, 0.15) is 11.1 Å². The van der Waals surface area contributed by atoms with Gasteiger partial charge in [-0.1, -0.05) is 41.9 Å². The lowest BCUT2D eigenvalue weighted by atomic mass is 10.1. The monoisotopic (exact) mass is 270 g/mol. The first-order chi connectivity index (χ1) is 9.20. The van der Waals surface area contributed by atoms with Crippen LogP contribution < -0.4 is 4.90 Å². The second-order valence-corrected chi connectivity index (χ2v) is 4.87. The number of hydrogen-bond acceptors (Lipinski definition) is 2. The van der Waals surface area contributed by atoms with Crippen LogP contribution in [0.4, 0.5) is 5.69 Å². The fraction of sp³-hybridized carbons (Fsp3) is 0.188. The highest BCUT2D eigenvalue weighted by atomic mass is 35.5. The van der Waals surface area contributed by atoms with Crippen molar-refractivity contribution in [3.63, 3.8) is 0 Å². The quantitative estimate of drug-likeness (QED) is 0.843. The molecule has 2 rings (SSSR count). The van der Waals surface area contributed by atoms with Crippen molar-refractivity contribution in [3.8, 4) is 6.07 Å². The molecule has 2 aromatic rings. The van der Waals surface area contributed by atoms with E-state index in [2.05, 4.69) is 23.1 Å². The standard InChI is InChI=1S/C16H15ClN2/c1-19(10-9-13-5-3-2-4-6-13)16-11-15(17)8-7-14(16)12-18/h2-8,11H,9-10H2,1H3. The van der Waals surface area contributed by atoms with Gasteiger partial charge in [-0.25, -0.2) is 0 Å². The van der Waals surface area contributed by atoms with Crippen molar-refractivity contribution in [1.29, 1.82) is 5.26 Å². The number of rotatable bonds is 4. The highest BCUT2D eigenvalue weighted by Crippen LogP contribution is 2.23. The molecular weight excluding hydrogens is 256 g/mol. The van der Waals surface area contributed by atoms with Crippen molar-refractivity contribution in [2.45, 2.75) is 6.42 Å². The Kier molecular flexibility index (Phi) is 4.43. The minimum atomic E-state index is 0.653. The number of nitrogens with zero attached hydrogens (tertiary/aromatic N) is 2. The van der Waals surface area contributed by atoms with Gasteiger partial charge in [0, 0.05) is 18.6 Å². The Bertz CT molecular complexity index is 587. The van der Waals surface area contributed by atoms with Crippen molar-refractivity contribution in [1.82, 2.24) is 0 Å². The van der Waals surface area contributed by atoms with E-state index >= 15 is 0 Å². The van der Waals surface area contributed by atoms with Crippen LogP contribution in [0.3, 0.4) is 0 Å². The fourth-order valence-electron chi connectivity index (χ4n) is 1.98. The SMILES string of the molecule is CN(CCc1ccccc1)c1cc(Cl)ccc1C#N. The summed E-state index contributed by atoms with van der Waals surface area (Å²) < 4.78 is 0. The minimum Gasteiger partial charge on any atom is -0.373 e. The molecule has 0 aliphatic heterocycles. The van der Waals surface area contributed by atoms with Crippen LogP contribution in [0, 0.1) is 11.3 Å². The first-order valence-electron chi connectivity index (χ1n) is 6.15. The van der Waals surface area contributed by atoms with E-state index in [1.165, 1.54) is 5.56 Å². The molecule has 3 heteroatoms. The summed E-state index contributed by atoms with van der Waals surface area (Å²) in [6.07, 6.45) is 0.939. The highest BCUT2D eigenvalue weighted by Gasteiger charge is 2.08. The zero-order valence-corrected chi connectivity index (χ0v) is 11.6. The molecule has 0 spiro atoms. The number of nitriles is 1. The molecule has 0 saturated carbocycles. The average molecular weight is 271 g/mol. The largest absolute Gasteiger partial charge is 0.373 e. The molecule has 2 aromatic carbocycles. The average Bonchev–Trinajstić information content (AvgIpc) is 2.46. The van der Waals surface area contributed by atoms with Gasteiger partial charge in [-0.2, -0.15) is 5.26 Å². The summed E-state index contributed by atoms with van der Waals surface area (Å²) in [6.45, 7) is 0.846. The molecule has 96 valence electrons. The predicted molar refractivity (Wildman–Crippen MR) is 79.6 cm³/mol. The van der Waals surface area contributed by atoms with E-state index in [1.54, 1.807) is 12.1 Å². The summed E-state index contributed by atoms with van der Waals surface area (Å²) in [5.74, 6) is 0. The summed E-state index contributed by atoms with van der Waals surface area (Å²) in [6, 6.07) is 17.8. The Hall–Kier alpha value is -1.98. The van der Waals surface area contributed by atoms with Gasteiger partial charge in [0.25, 0.3) is 0 Å². The molecule has 0 bridgehead atoms. The maximum atomic E-state index is 9.12. The molecule has 0 N–H and O–H groups in total. The van der Waals surface area contributed by atoms with E-state index < -0.39 is 0 Å². The van der Waals surface area contributed by atoms with E-state index in [0.717, 1.165) is 18.7 Å². The van der Waals surface area contributed by atoms with Crippen molar-refractivity contribution in [2.24, 2.45) is 0 Å². The molecule has 0 amide bonds. The lowest BCUT2D eigenvalue weighted by Crippen LogP contribution is -2.21. The maximum absolute atomic E-state index is 9.12. The first kappa shape index (κ1) is 13.5. The second kappa shape index (κ2) is 6.26. The second-order valence-electron chi connectivity index (χ2n) is 4.43. The van der Waals surface area contributed by atoms with Gasteiger partial charge in [0.1, 0.15) is 6.07 Å². The number of likely N-dealkylation sites (N-methyl/N-ethyl adjacent to an activating group) is 1. The Morgan fingerprint density at radius 1 is 1.16 bits per heavy atom. The van der Waals surface area contributed by atoms with E-state index in [9.17, 15) is 0 Å². The van der Waals surface area contributed by atoms with Gasteiger partial charge in [-0.3, -0.25) is 0 Å². The van der Waals surface area contributed by atoms with E-state index in [1.807, 2.05) is 31.3 Å². The third-order valence-corrected chi connectivity index (χ3v) is 3.31. The minimum absolute atomic E-state index is 0.653. The van der Waals surface area contributed by atoms with Gasteiger partial charge in [-0.15, -0.1) is 0 Å². The van der Waals surface area contributed by atoms with E-state index in [-0.39, 0.29) is 0 Å². The molecule has 0 aliphatic rings. The Balaban J connectivity index is 2.10. The number of halogens is 1. The van der Waals surface area contributed by atoms with Gasteiger partial charge in [0.15, 0.2) is 0 Å². The molecule has 0 radical (unpaired) electrons. The van der Waals surface area contributed by atoms with Crippen LogP contribution in [-0.2, 0) is 6.42 Å². The van der Waals surface area contributed by atoms with Crippen molar-refractivity contribution in [2.75, 3.05) is 18.5 Å². The molecule has 2 nitrogen and oxygen atoms in total. The van der Waals surface area contributed by atoms with E-state index in [4.69, 9.17) is 16.9 Å². The van der Waals surface area contributed by atoms with Crippen LogP contribution in [0.5, 0.6) is 0 Å². The zero-order chi connectivity index (χ0) is 13.7. The molecule has 0 fully saturated rings. The third-order valence-electron chi connectivity index (χ3n) is 3.07. The Morgan fingerprint density at radius 2 is 1.89 bits per heavy atom. The van der Waals surface area contributed by atoms with Crippen molar-refractivity contribution >= 4 is 17.3 Å². The molecule has 0 atom stereocenters. The van der Waals surface area contributed by atoms with E-state index in [0.29, 0.717) is 10.6 Å². The smallest absolute Gasteiger partial charge is 0.101 e. The van der Waals surface area contributed by atoms with Gasteiger partial charge in [0.05, 0.1) is 11.3 Å². The van der Waals surface area contributed by atoms with Crippen LogP contribution in [0.15, 0.2) is 48.5 Å². The van der Waals surface area contributed by atoms with Gasteiger partial charge >= 0.3 is 0 Å². The molecular formula is C16H15ClN2. The summed E-state index contributed by atoms with van der Waals surface area (Å²) in [5.41, 5.74) is 2.82. The lowest BCUT2D eigenvalue weighted by Gasteiger charge is -2.20. The number of anilines is 1. The maximum Gasteiger partial charge on any atom is 0.101 e. The molecule has 0 unspecified atom stereocenters. The van der Waals surface area contributed by atoms with Gasteiger partial charge < -0.3 is 4.90 Å². The number of hydrogen-bond donors (Lipinski definition) is 0. The summed E-state index contributed by atoms with van der Waals surface area (Å²) in [7, 11) is 1.98. The first-order valence-corrected chi connectivity index (χ1v) is 6.53. The normalized spacial score (nSPS) is 9.95. The van der Waals surface area contributed by atoms with Crippen LogP contribution in [0.25, 0.3) is 0 Å². The van der Waals surface area contributed by atoms with Crippen LogP contribution in [-0.4, -0.2) is 13.6 Å². The summed E-state index contributed by atoms with van der Waals surface area (Å²) in [4.78, 5) is 2.07. The molecule has 0 aliphatic carbocycles. The predicted octanol–water partition coefficient (Wildman–Crippen LogP) is 3.89. The molecule has 0 aromatic heterocycles. The highest BCUT2D eigenvalue weighted by molar-refractivity contribution is 6.30. The topological polar surface area (TPSA) is 27.0 Å². The Morgan fingerprint density at radius 3 is 2.58 bits per heavy atom.